The first kappa shape index (κ1) is 16.5. The number of hydrogen-bond donors (Lipinski definition) is 1. The van der Waals surface area contributed by atoms with Crippen LogP contribution >= 0.6 is 0 Å². The van der Waals surface area contributed by atoms with Gasteiger partial charge in [-0.3, -0.25) is 4.79 Å². The lowest BCUT2D eigenvalue weighted by atomic mass is 9.92. The van der Waals surface area contributed by atoms with Crippen molar-refractivity contribution in [3.63, 3.8) is 0 Å². The highest BCUT2D eigenvalue weighted by atomic mass is 16.2. The molecule has 0 aromatic carbocycles. The number of carbonyl (C=O) groups excluding carboxylic acids is 1. The lowest BCUT2D eigenvalue weighted by molar-refractivity contribution is -0.140. The molecule has 0 aromatic heterocycles. The Kier molecular flexibility index (Phi) is 5.84. The van der Waals surface area contributed by atoms with Gasteiger partial charge in [-0.05, 0) is 25.2 Å². The largest absolute Gasteiger partial charge is 0.342 e. The third-order valence-corrected chi connectivity index (χ3v) is 4.12. The second-order valence-electron chi connectivity index (χ2n) is 7.24. The Labute approximate surface area is 119 Å². The molecule has 0 aliphatic carbocycles. The fourth-order valence-corrected chi connectivity index (χ4v) is 2.81. The average molecular weight is 268 g/mol. The molecule has 112 valence electrons. The third kappa shape index (κ3) is 4.79. The standard InChI is InChI=1S/C16H32N2O/c1-7-14(12(2)3)17-13-8-10-18(11-9-13)15(19)16(4,5)6/h12-14,17H,7-11H2,1-6H3. The monoisotopic (exact) mass is 268 g/mol. The second kappa shape index (κ2) is 6.74. The number of hydrogen-bond acceptors (Lipinski definition) is 2. The summed E-state index contributed by atoms with van der Waals surface area (Å²) in [6, 6.07) is 1.19. The molecular weight excluding hydrogens is 236 g/mol. The zero-order valence-corrected chi connectivity index (χ0v) is 13.6. The van der Waals surface area contributed by atoms with Crippen molar-refractivity contribution in [2.24, 2.45) is 11.3 Å². The Morgan fingerprint density at radius 1 is 1.26 bits per heavy atom. The molecule has 0 bridgehead atoms. The van der Waals surface area contributed by atoms with E-state index in [1.165, 1.54) is 6.42 Å². The summed E-state index contributed by atoms with van der Waals surface area (Å²) in [7, 11) is 0. The fourth-order valence-electron chi connectivity index (χ4n) is 2.81. The van der Waals surface area contributed by atoms with Crippen LogP contribution < -0.4 is 5.32 Å². The summed E-state index contributed by atoms with van der Waals surface area (Å²) in [5.74, 6) is 0.973. The number of amides is 1. The maximum atomic E-state index is 12.2. The average Bonchev–Trinajstić information content (AvgIpc) is 2.34. The molecule has 1 aliphatic heterocycles. The minimum atomic E-state index is -0.246. The highest BCUT2D eigenvalue weighted by Crippen LogP contribution is 2.21. The lowest BCUT2D eigenvalue weighted by Crippen LogP contribution is -2.50. The van der Waals surface area contributed by atoms with Crippen molar-refractivity contribution in [3.8, 4) is 0 Å². The molecule has 0 saturated carbocycles. The van der Waals surface area contributed by atoms with Gasteiger partial charge in [-0.25, -0.2) is 0 Å². The second-order valence-corrected chi connectivity index (χ2v) is 7.24. The molecule has 3 nitrogen and oxygen atoms in total. The van der Waals surface area contributed by atoms with Crippen molar-refractivity contribution in [2.45, 2.75) is 72.9 Å². The van der Waals surface area contributed by atoms with Crippen molar-refractivity contribution < 1.29 is 4.79 Å². The van der Waals surface area contributed by atoms with Crippen molar-refractivity contribution in [1.82, 2.24) is 10.2 Å². The van der Waals surface area contributed by atoms with Gasteiger partial charge in [0.15, 0.2) is 0 Å². The summed E-state index contributed by atoms with van der Waals surface area (Å²) in [4.78, 5) is 14.3. The molecule has 1 N–H and O–H groups in total. The third-order valence-electron chi connectivity index (χ3n) is 4.12. The first-order chi connectivity index (χ1) is 8.75. The number of piperidine rings is 1. The normalized spacial score (nSPS) is 19.8. The minimum Gasteiger partial charge on any atom is -0.342 e. The molecule has 19 heavy (non-hydrogen) atoms. The Bertz CT molecular complexity index is 286. The molecular formula is C16H32N2O. The lowest BCUT2D eigenvalue weighted by Gasteiger charge is -2.37. The van der Waals surface area contributed by atoms with Gasteiger partial charge in [0.05, 0.1) is 0 Å². The van der Waals surface area contributed by atoms with Crippen LogP contribution in [-0.4, -0.2) is 36.0 Å². The van der Waals surface area contributed by atoms with Crippen LogP contribution in [0, 0.1) is 11.3 Å². The Morgan fingerprint density at radius 2 is 1.79 bits per heavy atom. The zero-order chi connectivity index (χ0) is 14.6. The summed E-state index contributed by atoms with van der Waals surface area (Å²) in [6.45, 7) is 14.6. The van der Waals surface area contributed by atoms with Gasteiger partial charge in [0.1, 0.15) is 0 Å². The molecule has 1 amide bonds. The van der Waals surface area contributed by atoms with Gasteiger partial charge < -0.3 is 10.2 Å². The number of likely N-dealkylation sites (tertiary alicyclic amines) is 1. The van der Waals surface area contributed by atoms with E-state index < -0.39 is 0 Å². The molecule has 0 radical (unpaired) electrons. The van der Waals surface area contributed by atoms with Crippen LogP contribution in [0.5, 0.6) is 0 Å². The van der Waals surface area contributed by atoms with Crippen LogP contribution in [0.1, 0.15) is 60.8 Å². The fraction of sp³-hybridized carbons (Fsp3) is 0.938. The van der Waals surface area contributed by atoms with Crippen molar-refractivity contribution in [2.75, 3.05) is 13.1 Å². The molecule has 0 aromatic rings. The predicted octanol–water partition coefficient (Wildman–Crippen LogP) is 3.05. The quantitative estimate of drug-likeness (QED) is 0.850. The summed E-state index contributed by atoms with van der Waals surface area (Å²) >= 11 is 0. The van der Waals surface area contributed by atoms with Gasteiger partial charge in [-0.1, -0.05) is 41.5 Å². The van der Waals surface area contributed by atoms with Crippen LogP contribution in [0.2, 0.25) is 0 Å². The SMILES string of the molecule is CCC(NC1CCN(C(=O)C(C)(C)C)CC1)C(C)C. The van der Waals surface area contributed by atoms with Crippen LogP contribution in [0.3, 0.4) is 0 Å². The van der Waals surface area contributed by atoms with Crippen LogP contribution in [-0.2, 0) is 4.79 Å². The van der Waals surface area contributed by atoms with Gasteiger partial charge in [0.2, 0.25) is 5.91 Å². The Hall–Kier alpha value is -0.570. The summed E-state index contributed by atoms with van der Waals surface area (Å²) in [6.07, 6.45) is 3.36. The van der Waals surface area contributed by atoms with Crippen molar-refractivity contribution >= 4 is 5.91 Å². The summed E-state index contributed by atoms with van der Waals surface area (Å²) < 4.78 is 0. The molecule has 1 heterocycles. The Balaban J connectivity index is 2.43. The zero-order valence-electron chi connectivity index (χ0n) is 13.6. The Morgan fingerprint density at radius 3 is 2.16 bits per heavy atom. The van der Waals surface area contributed by atoms with E-state index in [-0.39, 0.29) is 5.41 Å². The molecule has 1 saturated heterocycles. The maximum Gasteiger partial charge on any atom is 0.227 e. The highest BCUT2D eigenvalue weighted by Gasteiger charge is 2.30. The number of nitrogens with one attached hydrogen (secondary N) is 1. The first-order valence-electron chi connectivity index (χ1n) is 7.81. The van der Waals surface area contributed by atoms with Crippen LogP contribution in [0.15, 0.2) is 0 Å². The van der Waals surface area contributed by atoms with E-state index in [1.807, 2.05) is 25.7 Å². The van der Waals surface area contributed by atoms with E-state index >= 15 is 0 Å². The van der Waals surface area contributed by atoms with Gasteiger partial charge in [0.25, 0.3) is 0 Å². The molecule has 1 rings (SSSR count). The number of carbonyl (C=O) groups is 1. The van der Waals surface area contributed by atoms with Crippen LogP contribution in [0.25, 0.3) is 0 Å². The number of nitrogens with zero attached hydrogens (tertiary/aromatic N) is 1. The van der Waals surface area contributed by atoms with Gasteiger partial charge in [-0.15, -0.1) is 0 Å². The van der Waals surface area contributed by atoms with Crippen molar-refractivity contribution in [1.29, 1.82) is 0 Å². The molecule has 1 atom stereocenters. The summed E-state index contributed by atoms with van der Waals surface area (Å²) in [5.41, 5.74) is -0.246. The number of rotatable bonds is 4. The van der Waals surface area contributed by atoms with Crippen molar-refractivity contribution in [3.05, 3.63) is 0 Å². The molecule has 1 fully saturated rings. The van der Waals surface area contributed by atoms with E-state index in [0.717, 1.165) is 25.9 Å². The molecule has 0 spiro atoms. The highest BCUT2D eigenvalue weighted by molar-refractivity contribution is 5.81. The molecule has 1 aliphatic rings. The van der Waals surface area contributed by atoms with E-state index in [2.05, 4.69) is 26.1 Å². The van der Waals surface area contributed by atoms with E-state index in [9.17, 15) is 4.79 Å². The minimum absolute atomic E-state index is 0.246. The topological polar surface area (TPSA) is 32.3 Å². The van der Waals surface area contributed by atoms with Crippen LogP contribution in [0.4, 0.5) is 0 Å². The first-order valence-corrected chi connectivity index (χ1v) is 7.81. The predicted molar refractivity (Wildman–Crippen MR) is 81.1 cm³/mol. The van der Waals surface area contributed by atoms with Gasteiger partial charge in [-0.2, -0.15) is 0 Å². The summed E-state index contributed by atoms with van der Waals surface area (Å²) in [5, 5.41) is 3.77. The van der Waals surface area contributed by atoms with E-state index in [1.54, 1.807) is 0 Å². The molecule has 3 heteroatoms. The van der Waals surface area contributed by atoms with E-state index in [0.29, 0.717) is 23.9 Å². The van der Waals surface area contributed by atoms with Gasteiger partial charge in [0, 0.05) is 30.6 Å². The van der Waals surface area contributed by atoms with Gasteiger partial charge >= 0.3 is 0 Å². The van der Waals surface area contributed by atoms with E-state index in [4.69, 9.17) is 0 Å². The molecule has 1 unspecified atom stereocenters. The maximum absolute atomic E-state index is 12.2. The smallest absolute Gasteiger partial charge is 0.227 e.